The first-order valence-electron chi connectivity index (χ1n) is 4.71. The van der Waals surface area contributed by atoms with Crippen molar-refractivity contribution >= 4 is 36.4 Å². The van der Waals surface area contributed by atoms with Crippen molar-refractivity contribution in [3.8, 4) is 0 Å². The third-order valence-electron chi connectivity index (χ3n) is 2.32. The van der Waals surface area contributed by atoms with Gasteiger partial charge in [0.2, 0.25) is 12.4 Å². The fourth-order valence-electron chi connectivity index (χ4n) is 1.57. The maximum atomic E-state index is 10.5. The van der Waals surface area contributed by atoms with E-state index in [-0.39, 0.29) is 18.4 Å². The summed E-state index contributed by atoms with van der Waals surface area (Å²) in [6.45, 7) is 1.49. The maximum absolute atomic E-state index is 10.5. The lowest BCUT2D eigenvalue weighted by Gasteiger charge is -2.12. The van der Waals surface area contributed by atoms with Crippen LogP contribution in [0.5, 0.6) is 0 Å². The Morgan fingerprint density at radius 1 is 1.50 bits per heavy atom. The van der Waals surface area contributed by atoms with Gasteiger partial charge in [-0.2, -0.15) is 0 Å². The second kappa shape index (κ2) is 5.86. The van der Waals surface area contributed by atoms with E-state index < -0.39 is 0 Å². The summed E-state index contributed by atoms with van der Waals surface area (Å²) in [4.78, 5) is 20.3. The van der Waals surface area contributed by atoms with Gasteiger partial charge in [-0.15, -0.1) is 12.4 Å². The summed E-state index contributed by atoms with van der Waals surface area (Å²) in [6, 6.07) is 0.233. The van der Waals surface area contributed by atoms with Crippen molar-refractivity contribution in [1.29, 1.82) is 0 Å². The molecule has 1 atom stereocenters. The van der Waals surface area contributed by atoms with Crippen molar-refractivity contribution in [2.24, 2.45) is 0 Å². The fraction of sp³-hybridized carbons (Fsp3) is 0.444. The zero-order valence-corrected chi connectivity index (χ0v) is 10.0. The van der Waals surface area contributed by atoms with Crippen LogP contribution in [0.3, 0.4) is 0 Å². The fourth-order valence-corrected chi connectivity index (χ4v) is 1.67. The molecule has 1 aliphatic rings. The first-order chi connectivity index (χ1) is 7.28. The summed E-state index contributed by atoms with van der Waals surface area (Å²) >= 11 is 5.67. The Morgan fingerprint density at radius 3 is 2.75 bits per heavy atom. The molecule has 1 aromatic rings. The molecule has 0 aromatic carbocycles. The molecule has 1 saturated heterocycles. The number of nitrogens with zero attached hydrogens (tertiary/aromatic N) is 3. The summed E-state index contributed by atoms with van der Waals surface area (Å²) in [5, 5.41) is 3.67. The highest BCUT2D eigenvalue weighted by Gasteiger charge is 2.21. The molecule has 1 amide bonds. The van der Waals surface area contributed by atoms with Gasteiger partial charge < -0.3 is 10.2 Å². The summed E-state index contributed by atoms with van der Waals surface area (Å²) in [6.07, 6.45) is 4.88. The number of rotatable bonds is 3. The number of anilines is 1. The van der Waals surface area contributed by atoms with Crippen LogP contribution in [-0.4, -0.2) is 40.4 Å². The van der Waals surface area contributed by atoms with Crippen molar-refractivity contribution in [1.82, 2.24) is 14.9 Å². The highest BCUT2D eigenvalue weighted by Crippen LogP contribution is 2.12. The number of carbonyl (C=O) groups excluding carboxylic acids is 1. The largest absolute Gasteiger partial charge is 0.350 e. The molecule has 7 heteroatoms. The van der Waals surface area contributed by atoms with Gasteiger partial charge in [0.1, 0.15) is 0 Å². The van der Waals surface area contributed by atoms with Gasteiger partial charge in [0.25, 0.3) is 0 Å². The molecule has 1 unspecified atom stereocenters. The molecule has 1 N–H and O–H groups in total. The standard InChI is InChI=1S/C9H11ClN4O.ClH/c10-7-3-11-9(12-4-7)13-8-1-2-14(5-8)6-15;/h3-4,6,8H,1-2,5H2,(H,11,12,13);1H. The highest BCUT2D eigenvalue weighted by molar-refractivity contribution is 6.30. The molecular formula is C9H12Cl2N4O. The van der Waals surface area contributed by atoms with Gasteiger partial charge >= 0.3 is 0 Å². The van der Waals surface area contributed by atoms with Gasteiger partial charge in [-0.1, -0.05) is 11.6 Å². The summed E-state index contributed by atoms with van der Waals surface area (Å²) in [5.74, 6) is 0.553. The van der Waals surface area contributed by atoms with Crippen LogP contribution in [0.4, 0.5) is 5.95 Å². The van der Waals surface area contributed by atoms with E-state index >= 15 is 0 Å². The van der Waals surface area contributed by atoms with Crippen LogP contribution in [-0.2, 0) is 4.79 Å². The maximum Gasteiger partial charge on any atom is 0.222 e. The van der Waals surface area contributed by atoms with Crippen LogP contribution in [0.1, 0.15) is 6.42 Å². The monoisotopic (exact) mass is 262 g/mol. The third-order valence-corrected chi connectivity index (χ3v) is 2.52. The zero-order chi connectivity index (χ0) is 10.7. The van der Waals surface area contributed by atoms with Gasteiger partial charge in [0, 0.05) is 19.1 Å². The van der Waals surface area contributed by atoms with Gasteiger partial charge in [-0.3, -0.25) is 4.79 Å². The van der Waals surface area contributed by atoms with Gasteiger partial charge in [0.05, 0.1) is 17.4 Å². The Bertz CT molecular complexity index is 346. The Hall–Kier alpha value is -1.07. The molecule has 1 aliphatic heterocycles. The number of likely N-dealkylation sites (tertiary alicyclic amines) is 1. The normalized spacial score (nSPS) is 19.1. The number of hydrogen-bond donors (Lipinski definition) is 1. The highest BCUT2D eigenvalue weighted by atomic mass is 35.5. The van der Waals surface area contributed by atoms with E-state index in [2.05, 4.69) is 15.3 Å². The van der Waals surface area contributed by atoms with Crippen LogP contribution in [0, 0.1) is 0 Å². The van der Waals surface area contributed by atoms with Crippen molar-refractivity contribution in [3.05, 3.63) is 17.4 Å². The van der Waals surface area contributed by atoms with Crippen LogP contribution >= 0.6 is 24.0 Å². The molecule has 1 aromatic heterocycles. The third kappa shape index (κ3) is 3.21. The summed E-state index contributed by atoms with van der Waals surface area (Å²) in [7, 11) is 0. The van der Waals surface area contributed by atoms with E-state index in [1.165, 1.54) is 0 Å². The molecule has 0 aliphatic carbocycles. The smallest absolute Gasteiger partial charge is 0.222 e. The number of nitrogens with one attached hydrogen (secondary N) is 1. The Balaban J connectivity index is 0.00000128. The second-order valence-corrected chi connectivity index (χ2v) is 3.89. The zero-order valence-electron chi connectivity index (χ0n) is 8.47. The summed E-state index contributed by atoms with van der Waals surface area (Å²) < 4.78 is 0. The number of amides is 1. The molecule has 2 rings (SSSR count). The number of carbonyl (C=O) groups is 1. The second-order valence-electron chi connectivity index (χ2n) is 3.46. The van der Waals surface area contributed by atoms with Crippen LogP contribution in [0.15, 0.2) is 12.4 Å². The van der Waals surface area contributed by atoms with E-state index in [1.54, 1.807) is 17.3 Å². The Labute approximate surface area is 105 Å². The molecule has 16 heavy (non-hydrogen) atoms. The van der Waals surface area contributed by atoms with E-state index in [1.807, 2.05) is 0 Å². The van der Waals surface area contributed by atoms with Crippen molar-refractivity contribution in [3.63, 3.8) is 0 Å². The van der Waals surface area contributed by atoms with E-state index in [0.29, 0.717) is 17.5 Å². The van der Waals surface area contributed by atoms with E-state index in [9.17, 15) is 4.79 Å². The van der Waals surface area contributed by atoms with Gasteiger partial charge in [-0.05, 0) is 6.42 Å². The van der Waals surface area contributed by atoms with Gasteiger partial charge in [0.15, 0.2) is 0 Å². The molecule has 88 valence electrons. The van der Waals surface area contributed by atoms with Crippen LogP contribution in [0.25, 0.3) is 0 Å². The molecule has 0 radical (unpaired) electrons. The molecule has 0 bridgehead atoms. The van der Waals surface area contributed by atoms with E-state index in [4.69, 9.17) is 11.6 Å². The molecule has 1 fully saturated rings. The minimum absolute atomic E-state index is 0. The Morgan fingerprint density at radius 2 is 2.19 bits per heavy atom. The molecule has 5 nitrogen and oxygen atoms in total. The first-order valence-corrected chi connectivity index (χ1v) is 5.09. The minimum Gasteiger partial charge on any atom is -0.350 e. The average molecular weight is 263 g/mol. The lowest BCUT2D eigenvalue weighted by atomic mass is 10.3. The van der Waals surface area contributed by atoms with Crippen molar-refractivity contribution < 1.29 is 4.79 Å². The van der Waals surface area contributed by atoms with Crippen LogP contribution < -0.4 is 5.32 Å². The van der Waals surface area contributed by atoms with Gasteiger partial charge in [-0.25, -0.2) is 9.97 Å². The van der Waals surface area contributed by atoms with Crippen molar-refractivity contribution in [2.75, 3.05) is 18.4 Å². The quantitative estimate of drug-likeness (QED) is 0.832. The number of aromatic nitrogens is 2. The SMILES string of the molecule is Cl.O=CN1CCC(Nc2ncc(Cl)cn2)C1. The first kappa shape index (κ1) is 13.0. The van der Waals surface area contributed by atoms with Crippen LogP contribution in [0.2, 0.25) is 5.02 Å². The van der Waals surface area contributed by atoms with Crippen molar-refractivity contribution in [2.45, 2.75) is 12.5 Å². The number of hydrogen-bond acceptors (Lipinski definition) is 4. The molecular weight excluding hydrogens is 251 g/mol. The molecule has 0 saturated carbocycles. The predicted octanol–water partition coefficient (Wildman–Crippen LogP) is 1.19. The minimum atomic E-state index is 0. The number of halogens is 2. The lowest BCUT2D eigenvalue weighted by Crippen LogP contribution is -2.25. The molecule has 2 heterocycles. The van der Waals surface area contributed by atoms with E-state index in [0.717, 1.165) is 19.4 Å². The predicted molar refractivity (Wildman–Crippen MR) is 64.0 cm³/mol. The average Bonchev–Trinajstić information content (AvgIpc) is 2.69. The lowest BCUT2D eigenvalue weighted by molar-refractivity contribution is -0.117. The topological polar surface area (TPSA) is 58.1 Å². The molecule has 0 spiro atoms. The summed E-state index contributed by atoms with van der Waals surface area (Å²) in [5.41, 5.74) is 0. The Kier molecular flexibility index (Phi) is 4.76.